The van der Waals surface area contributed by atoms with Crippen LogP contribution in [0.15, 0.2) is 48.7 Å². The summed E-state index contributed by atoms with van der Waals surface area (Å²) < 4.78 is 31.9. The number of halogens is 1. The van der Waals surface area contributed by atoms with E-state index >= 15 is 0 Å². The summed E-state index contributed by atoms with van der Waals surface area (Å²) in [5.41, 5.74) is 3.72. The molecule has 4 aromatic rings. The van der Waals surface area contributed by atoms with E-state index in [-0.39, 0.29) is 0 Å². The maximum Gasteiger partial charge on any atom is 0.338 e. The van der Waals surface area contributed by atoms with Gasteiger partial charge in [-0.3, -0.25) is 9.88 Å². The van der Waals surface area contributed by atoms with Crippen LogP contribution in [0.2, 0.25) is 5.02 Å². The first-order chi connectivity index (χ1) is 22.8. The number of pyridine rings is 1. The van der Waals surface area contributed by atoms with Gasteiger partial charge in [0, 0.05) is 44.8 Å². The quantitative estimate of drug-likeness (QED) is 0.201. The molecule has 11 nitrogen and oxygen atoms in total. The number of fused-ring (bicyclic) bond motifs is 3. The second kappa shape index (κ2) is 11.9. The minimum absolute atomic E-state index is 0.329. The van der Waals surface area contributed by atoms with E-state index in [0.29, 0.717) is 65.7 Å². The van der Waals surface area contributed by atoms with E-state index in [0.717, 1.165) is 67.1 Å². The molecule has 2 aliphatic carbocycles. The third-order valence-electron chi connectivity index (χ3n) is 9.84. The Morgan fingerprint density at radius 1 is 1.06 bits per heavy atom. The SMILES string of the molecule is COC(=O)c1cc(OC)c2nc(CN3CCN(c4cccc5c4O[C@](C)(c4ccc(Cl)cn4)O5)[C@@H]4CC[C@H]43)n(CCOC3CC3)c2c1. The fourth-order valence-electron chi connectivity index (χ4n) is 7.13. The molecule has 246 valence electrons. The van der Waals surface area contributed by atoms with Crippen LogP contribution < -0.4 is 19.1 Å². The normalized spacial score (nSPS) is 23.4. The van der Waals surface area contributed by atoms with Gasteiger partial charge in [0.25, 0.3) is 5.79 Å². The summed E-state index contributed by atoms with van der Waals surface area (Å²) >= 11 is 6.09. The molecule has 0 N–H and O–H groups in total. The maximum absolute atomic E-state index is 12.5. The molecular formula is C35H38ClN5O6. The van der Waals surface area contributed by atoms with Gasteiger partial charge in [-0.1, -0.05) is 17.7 Å². The van der Waals surface area contributed by atoms with Crippen molar-refractivity contribution in [2.45, 2.75) is 69.7 Å². The number of benzene rings is 2. The van der Waals surface area contributed by atoms with Crippen LogP contribution in [-0.2, 0) is 28.4 Å². The Labute approximate surface area is 278 Å². The Bertz CT molecular complexity index is 1830. The molecule has 0 bridgehead atoms. The van der Waals surface area contributed by atoms with Crippen molar-refractivity contribution in [2.24, 2.45) is 0 Å². The molecule has 0 radical (unpaired) electrons. The summed E-state index contributed by atoms with van der Waals surface area (Å²) in [5.74, 6) is 1.50. The Balaban J connectivity index is 1.05. The van der Waals surface area contributed by atoms with Crippen LogP contribution in [0, 0.1) is 0 Å². The van der Waals surface area contributed by atoms with Gasteiger partial charge in [0.1, 0.15) is 22.8 Å². The lowest BCUT2D eigenvalue weighted by Crippen LogP contribution is -2.64. The number of ether oxygens (including phenoxy) is 5. The highest BCUT2D eigenvalue weighted by molar-refractivity contribution is 6.30. The van der Waals surface area contributed by atoms with Gasteiger partial charge in [-0.05, 0) is 62.1 Å². The second-order valence-electron chi connectivity index (χ2n) is 12.8. The molecule has 47 heavy (non-hydrogen) atoms. The molecule has 2 saturated carbocycles. The van der Waals surface area contributed by atoms with E-state index in [2.05, 4.69) is 25.4 Å². The first-order valence-corrected chi connectivity index (χ1v) is 16.6. The van der Waals surface area contributed by atoms with Gasteiger partial charge in [-0.25, -0.2) is 9.78 Å². The number of esters is 1. The number of anilines is 1. The zero-order valence-corrected chi connectivity index (χ0v) is 27.5. The third kappa shape index (κ3) is 5.44. The predicted molar refractivity (Wildman–Crippen MR) is 175 cm³/mol. The van der Waals surface area contributed by atoms with Crippen LogP contribution in [0.25, 0.3) is 11.0 Å². The molecule has 4 heterocycles. The van der Waals surface area contributed by atoms with E-state index in [1.165, 1.54) is 7.11 Å². The van der Waals surface area contributed by atoms with Gasteiger partial charge >= 0.3 is 5.97 Å². The smallest absolute Gasteiger partial charge is 0.338 e. The van der Waals surface area contributed by atoms with E-state index in [1.807, 2.05) is 31.2 Å². The third-order valence-corrected chi connectivity index (χ3v) is 10.1. The van der Waals surface area contributed by atoms with Gasteiger partial charge in [-0.2, -0.15) is 0 Å². The lowest BCUT2D eigenvalue weighted by Gasteiger charge is -2.54. The molecule has 2 aliphatic heterocycles. The lowest BCUT2D eigenvalue weighted by molar-refractivity contribution is -0.0717. The first-order valence-electron chi connectivity index (χ1n) is 16.3. The van der Waals surface area contributed by atoms with Crippen LogP contribution in [0.3, 0.4) is 0 Å². The first kappa shape index (κ1) is 30.3. The number of hydrogen-bond acceptors (Lipinski definition) is 10. The highest BCUT2D eigenvalue weighted by Crippen LogP contribution is 2.51. The maximum atomic E-state index is 12.5. The van der Waals surface area contributed by atoms with Crippen LogP contribution >= 0.6 is 11.6 Å². The number of hydrogen-bond donors (Lipinski definition) is 0. The van der Waals surface area contributed by atoms with Crippen LogP contribution in [-0.4, -0.2) is 77.5 Å². The van der Waals surface area contributed by atoms with Crippen molar-refractivity contribution in [1.82, 2.24) is 19.4 Å². The molecular weight excluding hydrogens is 622 g/mol. The number of rotatable bonds is 10. The molecule has 3 fully saturated rings. The number of nitrogens with zero attached hydrogens (tertiary/aromatic N) is 5. The zero-order chi connectivity index (χ0) is 32.3. The van der Waals surface area contributed by atoms with Crippen molar-refractivity contribution in [3.8, 4) is 17.2 Å². The summed E-state index contributed by atoms with van der Waals surface area (Å²) in [6, 6.07) is 14.0. The fraction of sp³-hybridized carbons (Fsp3) is 0.457. The number of para-hydroxylation sites is 1. The van der Waals surface area contributed by atoms with E-state index in [9.17, 15) is 4.79 Å². The average Bonchev–Trinajstić information content (AvgIpc) is 3.72. The van der Waals surface area contributed by atoms with Gasteiger partial charge in [-0.15, -0.1) is 0 Å². The summed E-state index contributed by atoms with van der Waals surface area (Å²) in [6.07, 6.45) is 6.38. The molecule has 8 rings (SSSR count). The number of methoxy groups -OCH3 is 2. The largest absolute Gasteiger partial charge is 0.494 e. The number of carbonyl (C=O) groups excluding carboxylic acids is 1. The molecule has 1 saturated heterocycles. The van der Waals surface area contributed by atoms with Crippen molar-refractivity contribution < 1.29 is 28.5 Å². The van der Waals surface area contributed by atoms with Gasteiger partial charge in [0.2, 0.25) is 0 Å². The molecule has 4 aliphatic rings. The van der Waals surface area contributed by atoms with Crippen LogP contribution in [0.1, 0.15) is 54.5 Å². The molecule has 0 unspecified atom stereocenters. The zero-order valence-electron chi connectivity index (χ0n) is 26.8. The van der Waals surface area contributed by atoms with Crippen molar-refractivity contribution in [1.29, 1.82) is 0 Å². The molecule has 0 spiro atoms. The topological polar surface area (TPSA) is 100 Å². The average molecular weight is 660 g/mol. The summed E-state index contributed by atoms with van der Waals surface area (Å²) in [4.78, 5) is 27.1. The Morgan fingerprint density at radius 3 is 2.64 bits per heavy atom. The van der Waals surface area contributed by atoms with E-state index in [1.54, 1.807) is 25.4 Å². The highest BCUT2D eigenvalue weighted by atomic mass is 35.5. The number of piperazine rings is 1. The van der Waals surface area contributed by atoms with Gasteiger partial charge in [0.05, 0.1) is 55.3 Å². The molecule has 12 heteroatoms. The molecule has 2 aromatic carbocycles. The minimum atomic E-state index is -1.04. The Kier molecular flexibility index (Phi) is 7.65. The van der Waals surface area contributed by atoms with Crippen molar-refractivity contribution >= 4 is 34.3 Å². The monoisotopic (exact) mass is 659 g/mol. The lowest BCUT2D eigenvalue weighted by atomic mass is 9.81. The van der Waals surface area contributed by atoms with E-state index in [4.69, 9.17) is 40.3 Å². The van der Waals surface area contributed by atoms with Crippen molar-refractivity contribution in [3.05, 3.63) is 70.8 Å². The fourth-order valence-corrected chi connectivity index (χ4v) is 7.25. The van der Waals surface area contributed by atoms with Crippen molar-refractivity contribution in [3.63, 3.8) is 0 Å². The summed E-state index contributed by atoms with van der Waals surface area (Å²) in [7, 11) is 2.99. The standard InChI is InChI=1S/C35H38ClN5O6/c1-35(30-12-7-22(36)19-37-30)46-28-6-4-5-26(33(28)47-35)40-14-13-39(24-10-11-25(24)40)20-31-38-32-27(41(31)15-16-45-23-8-9-23)17-21(34(42)44-3)18-29(32)43-2/h4-7,12,17-19,23-25H,8-11,13-16,20H2,1-3H3/t24-,25-,35-/m1/s1. The van der Waals surface area contributed by atoms with E-state index < -0.39 is 11.8 Å². The number of aromatic nitrogens is 3. The Morgan fingerprint density at radius 2 is 1.91 bits per heavy atom. The minimum Gasteiger partial charge on any atom is -0.494 e. The van der Waals surface area contributed by atoms with Gasteiger partial charge in [0.15, 0.2) is 11.5 Å². The predicted octanol–water partition coefficient (Wildman–Crippen LogP) is 5.56. The van der Waals surface area contributed by atoms with Crippen LogP contribution in [0.4, 0.5) is 5.69 Å². The Hall–Kier alpha value is -4.06. The van der Waals surface area contributed by atoms with Crippen LogP contribution in [0.5, 0.6) is 17.2 Å². The molecule has 0 amide bonds. The number of carbonyl (C=O) groups is 1. The summed E-state index contributed by atoms with van der Waals surface area (Å²) in [5, 5.41) is 0.565. The molecule has 2 aromatic heterocycles. The highest BCUT2D eigenvalue weighted by Gasteiger charge is 2.47. The second-order valence-corrected chi connectivity index (χ2v) is 13.2. The van der Waals surface area contributed by atoms with Crippen molar-refractivity contribution in [2.75, 3.05) is 38.8 Å². The van der Waals surface area contributed by atoms with Gasteiger partial charge < -0.3 is 33.2 Å². The summed E-state index contributed by atoms with van der Waals surface area (Å²) in [6.45, 7) is 5.47. The molecule has 3 atom stereocenters. The number of imidazole rings is 1.